The minimum absolute atomic E-state index is 0. The van der Waals surface area contributed by atoms with Gasteiger partial charge in [0, 0.05) is 24.8 Å². The van der Waals surface area contributed by atoms with Crippen LogP contribution >= 0.6 is 15.8 Å². The molecule has 6 aromatic carbocycles. The van der Waals surface area contributed by atoms with Gasteiger partial charge in [0.05, 0.1) is 15.8 Å². The van der Waals surface area contributed by atoms with Crippen LogP contribution in [0, 0.1) is 0 Å². The second kappa shape index (κ2) is 26.6. The van der Waals surface area contributed by atoms with Crippen molar-refractivity contribution < 1.29 is 34.3 Å². The van der Waals surface area contributed by atoms with E-state index in [0.717, 1.165) is 0 Å². The van der Waals surface area contributed by atoms with E-state index in [1.807, 2.05) is 36.4 Å². The van der Waals surface area contributed by atoms with Crippen LogP contribution in [0.1, 0.15) is 0 Å². The summed E-state index contributed by atoms with van der Waals surface area (Å²) in [7, 11) is -7.75. The quantitative estimate of drug-likeness (QED) is 0.0948. The third-order valence-electron chi connectivity index (χ3n) is 7.51. The largest absolute Gasteiger partial charge is 1.00 e. The first-order valence-electron chi connectivity index (χ1n) is 17.5. The molecule has 2 heterocycles. The SMILES string of the molecule is F[B-](F)(F)F.[Cu+].c1ccc([PH+](c2ccccc2)c2ccccc2)cc1.c1ccc([PH+](c2ccccc2)c2ccccc2)cc1.c1ccncc1.c1ccncc1. The molecule has 0 saturated heterocycles. The van der Waals surface area contributed by atoms with Crippen molar-refractivity contribution in [2.24, 2.45) is 0 Å². The van der Waals surface area contributed by atoms with E-state index in [2.05, 4.69) is 192 Å². The van der Waals surface area contributed by atoms with Crippen molar-refractivity contribution in [3.8, 4) is 0 Å². The van der Waals surface area contributed by atoms with E-state index < -0.39 is 23.1 Å². The minimum Gasteiger partial charge on any atom is -0.418 e. The van der Waals surface area contributed by atoms with Crippen molar-refractivity contribution in [3.63, 3.8) is 0 Å². The fourth-order valence-electron chi connectivity index (χ4n) is 5.25. The zero-order valence-corrected chi connectivity index (χ0v) is 33.3. The predicted octanol–water partition coefficient (Wildman–Crippen LogP) is 9.81. The van der Waals surface area contributed by atoms with E-state index in [-0.39, 0.29) is 17.1 Å². The van der Waals surface area contributed by atoms with Crippen LogP contribution in [0.5, 0.6) is 0 Å². The predicted molar refractivity (Wildman–Crippen MR) is 232 cm³/mol. The summed E-state index contributed by atoms with van der Waals surface area (Å²) in [5.41, 5.74) is 0. The second-order valence-corrected chi connectivity index (χ2v) is 16.5. The average Bonchev–Trinajstić information content (AvgIpc) is 3.25. The molecule has 2 aromatic heterocycles. The molecule has 0 bridgehead atoms. The van der Waals surface area contributed by atoms with Crippen LogP contribution in [-0.2, 0) is 17.1 Å². The van der Waals surface area contributed by atoms with Crippen LogP contribution in [0.4, 0.5) is 17.3 Å². The summed E-state index contributed by atoms with van der Waals surface area (Å²) in [4.78, 5) is 7.57. The van der Waals surface area contributed by atoms with Crippen molar-refractivity contribution >= 4 is 54.9 Å². The average molecular weight is 835 g/mol. The molecule has 8 aromatic rings. The van der Waals surface area contributed by atoms with Crippen LogP contribution in [0.15, 0.2) is 243 Å². The third-order valence-corrected chi connectivity index (χ3v) is 13.0. The summed E-state index contributed by atoms with van der Waals surface area (Å²) < 4.78 is 39.0. The molecule has 286 valence electrons. The monoisotopic (exact) mass is 834 g/mol. The number of rotatable bonds is 6. The van der Waals surface area contributed by atoms with E-state index >= 15 is 0 Å². The zero-order chi connectivity index (χ0) is 38.8. The zero-order valence-electron chi connectivity index (χ0n) is 30.4. The van der Waals surface area contributed by atoms with Gasteiger partial charge in [-0.05, 0) is 97.1 Å². The third kappa shape index (κ3) is 17.9. The van der Waals surface area contributed by atoms with Gasteiger partial charge in [0.15, 0.2) is 0 Å². The first-order valence-corrected chi connectivity index (χ1v) is 20.5. The number of halogens is 4. The minimum atomic E-state index is -6.00. The molecule has 0 aliphatic heterocycles. The maximum absolute atomic E-state index is 9.75. The maximum atomic E-state index is 9.75. The molecule has 0 saturated carbocycles. The van der Waals surface area contributed by atoms with Gasteiger partial charge in [-0.25, -0.2) is 0 Å². The van der Waals surface area contributed by atoms with Gasteiger partial charge in [-0.1, -0.05) is 121 Å². The molecular formula is C46H42BCuF4N2P2+2. The van der Waals surface area contributed by atoms with Crippen molar-refractivity contribution in [2.45, 2.75) is 0 Å². The van der Waals surface area contributed by atoms with Crippen LogP contribution in [-0.4, -0.2) is 17.2 Å². The molecule has 8 rings (SSSR count). The normalized spacial score (nSPS) is 9.96. The molecule has 0 fully saturated rings. The fraction of sp³-hybridized carbons (Fsp3) is 0. The van der Waals surface area contributed by atoms with Crippen LogP contribution in [0.3, 0.4) is 0 Å². The Balaban J connectivity index is 0.000000211. The molecule has 0 atom stereocenters. The topological polar surface area (TPSA) is 25.8 Å². The van der Waals surface area contributed by atoms with Crippen LogP contribution in [0.2, 0.25) is 0 Å². The van der Waals surface area contributed by atoms with E-state index in [4.69, 9.17) is 0 Å². The van der Waals surface area contributed by atoms with Gasteiger partial charge in [-0.15, -0.1) is 0 Å². The number of nitrogens with zero attached hydrogens (tertiary/aromatic N) is 2. The Morgan fingerprint density at radius 1 is 0.268 bits per heavy atom. The standard InChI is InChI=1S/2C18H15P.2C5H5N.BF4.Cu/c2*1-4-10-16(11-5-1)19(17-12-6-2-7-13-17)18-14-8-3-9-15-18;2*1-2-4-6-5-3-1;2-1(3,4)5;/h2*1-15H;2*1-5H;;/q;;;;-1;+1/p+2. The fourth-order valence-corrected chi connectivity index (χ4v) is 10.4. The van der Waals surface area contributed by atoms with Crippen molar-refractivity contribution in [3.05, 3.63) is 243 Å². The number of hydrogen-bond acceptors (Lipinski definition) is 2. The summed E-state index contributed by atoms with van der Waals surface area (Å²) in [6, 6.07) is 76.4. The summed E-state index contributed by atoms with van der Waals surface area (Å²) in [5.74, 6) is 0. The van der Waals surface area contributed by atoms with Gasteiger partial charge in [-0.3, -0.25) is 9.97 Å². The summed E-state index contributed by atoms with van der Waals surface area (Å²) in [6.45, 7) is 0. The summed E-state index contributed by atoms with van der Waals surface area (Å²) in [6.07, 6.45) is 7.00. The van der Waals surface area contributed by atoms with Gasteiger partial charge >= 0.3 is 24.3 Å². The smallest absolute Gasteiger partial charge is 0.418 e. The maximum Gasteiger partial charge on any atom is 1.00 e. The Morgan fingerprint density at radius 2 is 0.411 bits per heavy atom. The molecular weight excluding hydrogens is 793 g/mol. The van der Waals surface area contributed by atoms with Gasteiger partial charge < -0.3 is 17.3 Å². The molecule has 0 radical (unpaired) electrons. The number of hydrogen-bond donors (Lipinski definition) is 0. The van der Waals surface area contributed by atoms with Gasteiger partial charge in [-0.2, -0.15) is 0 Å². The van der Waals surface area contributed by atoms with Crippen molar-refractivity contribution in [1.82, 2.24) is 9.97 Å². The van der Waals surface area contributed by atoms with Crippen LogP contribution in [0.25, 0.3) is 0 Å². The molecule has 0 aliphatic carbocycles. The Bertz CT molecular complexity index is 1700. The number of aromatic nitrogens is 2. The Labute approximate surface area is 340 Å². The van der Waals surface area contributed by atoms with Crippen molar-refractivity contribution in [2.75, 3.05) is 0 Å². The van der Waals surface area contributed by atoms with E-state index in [9.17, 15) is 17.3 Å². The Kier molecular flexibility index (Phi) is 21.4. The second-order valence-electron chi connectivity index (χ2n) is 11.5. The molecule has 0 spiro atoms. The number of benzene rings is 6. The van der Waals surface area contributed by atoms with Crippen molar-refractivity contribution in [1.29, 1.82) is 0 Å². The van der Waals surface area contributed by atoms with Gasteiger partial charge in [0.25, 0.3) is 0 Å². The molecule has 0 N–H and O–H groups in total. The van der Waals surface area contributed by atoms with E-state index in [1.165, 1.54) is 31.8 Å². The Morgan fingerprint density at radius 3 is 0.518 bits per heavy atom. The number of pyridine rings is 2. The molecule has 2 nitrogen and oxygen atoms in total. The van der Waals surface area contributed by atoms with Gasteiger partial charge in [0.2, 0.25) is 0 Å². The molecule has 10 heteroatoms. The first kappa shape index (κ1) is 45.2. The summed E-state index contributed by atoms with van der Waals surface area (Å²) in [5, 5.41) is 8.61. The van der Waals surface area contributed by atoms with E-state index in [0.29, 0.717) is 0 Å². The first-order chi connectivity index (χ1) is 26.9. The molecule has 0 unspecified atom stereocenters. The molecule has 0 aliphatic rings. The van der Waals surface area contributed by atoms with E-state index in [1.54, 1.807) is 24.8 Å². The summed E-state index contributed by atoms with van der Waals surface area (Å²) >= 11 is 0. The van der Waals surface area contributed by atoms with Gasteiger partial charge in [0.1, 0.15) is 31.8 Å². The molecule has 56 heavy (non-hydrogen) atoms. The Hall–Kier alpha value is -5.22. The van der Waals surface area contributed by atoms with Crippen LogP contribution < -0.4 is 31.8 Å². The molecule has 0 amide bonds.